The van der Waals surface area contributed by atoms with Crippen molar-refractivity contribution in [3.8, 4) is 5.75 Å². The first kappa shape index (κ1) is 13.4. The molecule has 3 N–H and O–H groups in total. The number of aryl methyl sites for hydroxylation is 2. The zero-order valence-electron chi connectivity index (χ0n) is 11.3. The van der Waals surface area contributed by atoms with E-state index in [0.717, 1.165) is 11.3 Å². The molecule has 19 heavy (non-hydrogen) atoms. The van der Waals surface area contributed by atoms with Gasteiger partial charge in [0.25, 0.3) is 0 Å². The molecule has 0 amide bonds. The van der Waals surface area contributed by atoms with E-state index in [1.54, 1.807) is 12.1 Å². The van der Waals surface area contributed by atoms with Crippen LogP contribution in [0, 0.1) is 13.8 Å². The minimum atomic E-state index is -0.651. The molecule has 2 aromatic carbocycles. The summed E-state index contributed by atoms with van der Waals surface area (Å²) < 4.78 is 5.61. The van der Waals surface area contributed by atoms with Gasteiger partial charge in [0.15, 0.2) is 0 Å². The predicted octanol–water partition coefficient (Wildman–Crippen LogP) is 3.00. The van der Waals surface area contributed by atoms with E-state index in [0.29, 0.717) is 5.69 Å². The molecule has 3 nitrogen and oxygen atoms in total. The molecule has 100 valence electrons. The molecule has 0 saturated carbocycles. The van der Waals surface area contributed by atoms with Crippen LogP contribution in [0.15, 0.2) is 42.5 Å². The first-order valence-electron chi connectivity index (χ1n) is 6.30. The van der Waals surface area contributed by atoms with E-state index < -0.39 is 6.10 Å². The van der Waals surface area contributed by atoms with E-state index in [1.165, 1.54) is 11.1 Å². The second kappa shape index (κ2) is 5.76. The highest BCUT2D eigenvalue weighted by Gasteiger charge is 2.08. The molecule has 0 saturated heterocycles. The molecule has 2 aromatic rings. The molecule has 0 spiro atoms. The summed E-state index contributed by atoms with van der Waals surface area (Å²) in [6.07, 6.45) is -0.651. The maximum absolute atomic E-state index is 10.0. The topological polar surface area (TPSA) is 55.5 Å². The largest absolute Gasteiger partial charge is 0.491 e. The number of nitrogen functional groups attached to an aromatic ring is 1. The molecule has 0 aliphatic heterocycles. The zero-order chi connectivity index (χ0) is 13.8. The maximum Gasteiger partial charge on any atom is 0.119 e. The van der Waals surface area contributed by atoms with Gasteiger partial charge in [-0.05, 0) is 54.8 Å². The molecular weight excluding hydrogens is 238 g/mol. The van der Waals surface area contributed by atoms with Crippen LogP contribution in [-0.4, -0.2) is 11.7 Å². The summed E-state index contributed by atoms with van der Waals surface area (Å²) in [5.74, 6) is 0.776. The quantitative estimate of drug-likeness (QED) is 0.828. The summed E-state index contributed by atoms with van der Waals surface area (Å²) in [6.45, 7) is 4.33. The number of aliphatic hydroxyl groups is 1. The van der Waals surface area contributed by atoms with Crippen molar-refractivity contribution in [2.45, 2.75) is 20.0 Å². The first-order chi connectivity index (χ1) is 9.06. The molecule has 2 rings (SSSR count). The van der Waals surface area contributed by atoms with E-state index in [9.17, 15) is 5.11 Å². The minimum absolute atomic E-state index is 0.229. The van der Waals surface area contributed by atoms with Crippen LogP contribution in [0.3, 0.4) is 0 Å². The van der Waals surface area contributed by atoms with Crippen molar-refractivity contribution in [3.63, 3.8) is 0 Å². The minimum Gasteiger partial charge on any atom is -0.491 e. The Bertz CT molecular complexity index is 549. The Morgan fingerprint density at radius 3 is 2.37 bits per heavy atom. The van der Waals surface area contributed by atoms with Crippen LogP contribution in [0.5, 0.6) is 5.75 Å². The number of ether oxygens (including phenoxy) is 1. The summed E-state index contributed by atoms with van der Waals surface area (Å²) >= 11 is 0. The molecular formula is C16H19NO2. The van der Waals surface area contributed by atoms with Crippen molar-refractivity contribution in [2.24, 2.45) is 0 Å². The third-order valence-corrected chi connectivity index (χ3v) is 3.21. The van der Waals surface area contributed by atoms with Gasteiger partial charge in [0.1, 0.15) is 18.5 Å². The molecule has 1 unspecified atom stereocenters. The molecule has 0 aromatic heterocycles. The standard InChI is InChI=1S/C16H19NO2/c1-11-3-8-15(9-12(11)2)19-10-16(18)13-4-6-14(17)7-5-13/h3-9,16,18H,10,17H2,1-2H3. The molecule has 3 heteroatoms. The second-order valence-corrected chi connectivity index (χ2v) is 4.74. The molecule has 0 radical (unpaired) electrons. The van der Waals surface area contributed by atoms with Crippen LogP contribution in [0.2, 0.25) is 0 Å². The van der Waals surface area contributed by atoms with Gasteiger partial charge in [0.2, 0.25) is 0 Å². The number of hydrogen-bond donors (Lipinski definition) is 2. The van der Waals surface area contributed by atoms with E-state index in [2.05, 4.69) is 6.92 Å². The van der Waals surface area contributed by atoms with Crippen LogP contribution in [0.4, 0.5) is 5.69 Å². The lowest BCUT2D eigenvalue weighted by Crippen LogP contribution is -2.09. The van der Waals surface area contributed by atoms with Crippen molar-refractivity contribution >= 4 is 5.69 Å². The highest BCUT2D eigenvalue weighted by Crippen LogP contribution is 2.20. The fraction of sp³-hybridized carbons (Fsp3) is 0.250. The van der Waals surface area contributed by atoms with Crippen LogP contribution in [0.25, 0.3) is 0 Å². The molecule has 0 bridgehead atoms. The van der Waals surface area contributed by atoms with E-state index in [4.69, 9.17) is 10.5 Å². The van der Waals surface area contributed by atoms with Crippen molar-refractivity contribution in [2.75, 3.05) is 12.3 Å². The lowest BCUT2D eigenvalue weighted by Gasteiger charge is -2.13. The smallest absolute Gasteiger partial charge is 0.119 e. The van der Waals surface area contributed by atoms with Gasteiger partial charge in [0, 0.05) is 5.69 Å². The SMILES string of the molecule is Cc1ccc(OCC(O)c2ccc(N)cc2)cc1C. The fourth-order valence-electron chi connectivity index (χ4n) is 1.79. The molecule has 0 aliphatic carbocycles. The summed E-state index contributed by atoms with van der Waals surface area (Å²) in [4.78, 5) is 0. The number of anilines is 1. The normalized spacial score (nSPS) is 12.2. The highest BCUT2D eigenvalue weighted by molar-refractivity contribution is 5.40. The van der Waals surface area contributed by atoms with Crippen LogP contribution in [-0.2, 0) is 0 Å². The lowest BCUT2D eigenvalue weighted by molar-refractivity contribution is 0.108. The van der Waals surface area contributed by atoms with Gasteiger partial charge in [-0.2, -0.15) is 0 Å². The third-order valence-electron chi connectivity index (χ3n) is 3.21. The summed E-state index contributed by atoms with van der Waals surface area (Å²) in [6, 6.07) is 13.1. The Balaban J connectivity index is 1.98. The van der Waals surface area contributed by atoms with Crippen molar-refractivity contribution in [3.05, 3.63) is 59.2 Å². The Hall–Kier alpha value is -2.00. The monoisotopic (exact) mass is 257 g/mol. The third kappa shape index (κ3) is 3.48. The fourth-order valence-corrected chi connectivity index (χ4v) is 1.79. The number of aliphatic hydroxyl groups excluding tert-OH is 1. The van der Waals surface area contributed by atoms with Gasteiger partial charge in [-0.1, -0.05) is 18.2 Å². The molecule has 0 heterocycles. The summed E-state index contributed by atoms with van der Waals surface area (Å²) in [7, 11) is 0. The Morgan fingerprint density at radius 1 is 1.05 bits per heavy atom. The van der Waals surface area contributed by atoms with E-state index in [-0.39, 0.29) is 6.61 Å². The predicted molar refractivity (Wildman–Crippen MR) is 77.2 cm³/mol. The van der Waals surface area contributed by atoms with E-state index in [1.807, 2.05) is 37.3 Å². The van der Waals surface area contributed by atoms with E-state index >= 15 is 0 Å². The average Bonchev–Trinajstić information content (AvgIpc) is 2.40. The molecule has 1 atom stereocenters. The lowest BCUT2D eigenvalue weighted by atomic mass is 10.1. The summed E-state index contributed by atoms with van der Waals surface area (Å²) in [5, 5.41) is 10.0. The zero-order valence-corrected chi connectivity index (χ0v) is 11.3. The maximum atomic E-state index is 10.0. The number of hydrogen-bond acceptors (Lipinski definition) is 3. The molecule has 0 fully saturated rings. The van der Waals surface area contributed by atoms with Gasteiger partial charge >= 0.3 is 0 Å². The van der Waals surface area contributed by atoms with Crippen LogP contribution >= 0.6 is 0 Å². The van der Waals surface area contributed by atoms with Gasteiger partial charge in [-0.3, -0.25) is 0 Å². The molecule has 0 aliphatic rings. The van der Waals surface area contributed by atoms with Crippen molar-refractivity contribution < 1.29 is 9.84 Å². The summed E-state index contributed by atoms with van der Waals surface area (Å²) in [5.41, 5.74) is 9.51. The van der Waals surface area contributed by atoms with Gasteiger partial charge in [0.05, 0.1) is 0 Å². The van der Waals surface area contributed by atoms with Crippen LogP contribution in [0.1, 0.15) is 22.8 Å². The Labute approximate surface area is 113 Å². The Morgan fingerprint density at radius 2 is 1.74 bits per heavy atom. The number of benzene rings is 2. The average molecular weight is 257 g/mol. The van der Waals surface area contributed by atoms with Gasteiger partial charge in [-0.15, -0.1) is 0 Å². The Kier molecular flexibility index (Phi) is 4.07. The van der Waals surface area contributed by atoms with Gasteiger partial charge < -0.3 is 15.6 Å². The van der Waals surface area contributed by atoms with Crippen molar-refractivity contribution in [1.82, 2.24) is 0 Å². The van der Waals surface area contributed by atoms with Gasteiger partial charge in [-0.25, -0.2) is 0 Å². The van der Waals surface area contributed by atoms with Crippen molar-refractivity contribution in [1.29, 1.82) is 0 Å². The number of nitrogens with two attached hydrogens (primary N) is 1. The number of rotatable bonds is 4. The first-order valence-corrected chi connectivity index (χ1v) is 6.30. The second-order valence-electron chi connectivity index (χ2n) is 4.74. The van der Waals surface area contributed by atoms with Crippen LogP contribution < -0.4 is 10.5 Å². The highest BCUT2D eigenvalue weighted by atomic mass is 16.5.